The lowest BCUT2D eigenvalue weighted by Crippen LogP contribution is -2.55. The number of fused-ring (bicyclic) bond motifs is 5. The van der Waals surface area contributed by atoms with Gasteiger partial charge in [-0.25, -0.2) is 4.89 Å². The van der Waals surface area contributed by atoms with Gasteiger partial charge in [0.1, 0.15) is 18.0 Å². The van der Waals surface area contributed by atoms with E-state index in [1.165, 1.54) is 12.5 Å². The molecule has 7 atom stereocenters. The highest BCUT2D eigenvalue weighted by atomic mass is 17.1. The minimum absolute atomic E-state index is 0.0450. The number of hydrogen-bond donors (Lipinski definition) is 1. The summed E-state index contributed by atoms with van der Waals surface area (Å²) in [6, 6.07) is 0. The van der Waals surface area contributed by atoms with Crippen LogP contribution >= 0.6 is 0 Å². The largest absolute Gasteiger partial charge is 0.462 e. The molecule has 0 aliphatic heterocycles. The van der Waals surface area contributed by atoms with Crippen molar-refractivity contribution in [3.63, 3.8) is 0 Å². The van der Waals surface area contributed by atoms with Crippen LogP contribution in [0.3, 0.4) is 0 Å². The number of esters is 1. The van der Waals surface area contributed by atoms with Gasteiger partial charge in [0.2, 0.25) is 0 Å². The first-order valence-electron chi connectivity index (χ1n) is 10.0. The lowest BCUT2D eigenvalue weighted by molar-refractivity contribution is -0.295. The number of ether oxygens (including phenoxy) is 1. The second-order valence-corrected chi connectivity index (χ2v) is 9.36. The molecule has 3 fully saturated rings. The minimum Gasteiger partial charge on any atom is -0.462 e. The van der Waals surface area contributed by atoms with E-state index >= 15 is 0 Å². The van der Waals surface area contributed by atoms with Gasteiger partial charge in [-0.3, -0.25) is 14.8 Å². The van der Waals surface area contributed by atoms with Crippen molar-refractivity contribution >= 4 is 11.8 Å². The van der Waals surface area contributed by atoms with Crippen molar-refractivity contribution in [2.45, 2.75) is 77.9 Å². The zero-order chi connectivity index (χ0) is 18.7. The quantitative estimate of drug-likeness (QED) is 0.349. The number of ketones is 1. The highest BCUT2D eigenvalue weighted by Crippen LogP contribution is 2.64. The molecule has 0 spiro atoms. The summed E-state index contributed by atoms with van der Waals surface area (Å²) < 4.78 is 5.46. The molecule has 0 bridgehead atoms. The molecular weight excluding hydrogens is 332 g/mol. The van der Waals surface area contributed by atoms with Crippen molar-refractivity contribution in [3.8, 4) is 0 Å². The predicted molar refractivity (Wildman–Crippen MR) is 95.1 cm³/mol. The zero-order valence-corrected chi connectivity index (χ0v) is 16.0. The summed E-state index contributed by atoms with van der Waals surface area (Å²) in [5, 5.41) is 9.67. The first-order valence-corrected chi connectivity index (χ1v) is 10.0. The number of carbonyl (C=O) groups excluding carboxylic acids is 2. The van der Waals surface area contributed by atoms with Gasteiger partial charge >= 0.3 is 5.97 Å². The van der Waals surface area contributed by atoms with E-state index in [0.29, 0.717) is 18.1 Å². The van der Waals surface area contributed by atoms with Crippen LogP contribution in [-0.2, 0) is 19.2 Å². The summed E-state index contributed by atoms with van der Waals surface area (Å²) in [6.07, 6.45) is 7.71. The van der Waals surface area contributed by atoms with Gasteiger partial charge in [-0.05, 0) is 55.3 Å². The molecule has 0 heterocycles. The summed E-state index contributed by atoms with van der Waals surface area (Å²) in [5.74, 6) is 1.02. The Balaban J connectivity index is 1.68. The summed E-state index contributed by atoms with van der Waals surface area (Å²) in [7, 11) is 0. The molecule has 3 saturated carbocycles. The van der Waals surface area contributed by atoms with Crippen molar-refractivity contribution in [3.05, 3.63) is 11.6 Å². The van der Waals surface area contributed by atoms with Gasteiger partial charge in [-0.1, -0.05) is 25.5 Å². The molecule has 4 aliphatic rings. The molecule has 5 heteroatoms. The summed E-state index contributed by atoms with van der Waals surface area (Å²) in [5.41, 5.74) is 1.04. The lowest BCUT2D eigenvalue weighted by atomic mass is 9.47. The number of carbonyl (C=O) groups is 2. The SMILES string of the molecule is CC(=O)O[C@H]1CC[C@@]2(C)C(=C[C@H](OO)[C@@H]3[C@@H]2CC[C@]2(C)C(=O)CC[C@@H]32)C1. The van der Waals surface area contributed by atoms with Crippen molar-refractivity contribution < 1.29 is 24.5 Å². The fourth-order valence-electron chi connectivity index (χ4n) is 6.80. The van der Waals surface area contributed by atoms with Crippen molar-refractivity contribution in [1.82, 2.24) is 0 Å². The second kappa shape index (κ2) is 6.16. The van der Waals surface area contributed by atoms with E-state index in [-0.39, 0.29) is 40.8 Å². The first kappa shape index (κ1) is 18.2. The number of rotatable bonds is 2. The van der Waals surface area contributed by atoms with E-state index in [4.69, 9.17) is 9.62 Å². The average Bonchev–Trinajstić information content (AvgIpc) is 2.89. The zero-order valence-electron chi connectivity index (χ0n) is 16.0. The summed E-state index contributed by atoms with van der Waals surface area (Å²) >= 11 is 0. The molecule has 0 aromatic rings. The molecule has 0 radical (unpaired) electrons. The third-order valence-electron chi connectivity index (χ3n) is 8.23. The van der Waals surface area contributed by atoms with Gasteiger partial charge in [-0.2, -0.15) is 0 Å². The van der Waals surface area contributed by atoms with Crippen LogP contribution < -0.4 is 0 Å². The highest BCUT2D eigenvalue weighted by molar-refractivity contribution is 5.87. The van der Waals surface area contributed by atoms with E-state index < -0.39 is 0 Å². The fourth-order valence-corrected chi connectivity index (χ4v) is 6.80. The van der Waals surface area contributed by atoms with Gasteiger partial charge in [0, 0.05) is 25.2 Å². The maximum Gasteiger partial charge on any atom is 0.302 e. The smallest absolute Gasteiger partial charge is 0.302 e. The van der Waals surface area contributed by atoms with Crippen molar-refractivity contribution in [2.75, 3.05) is 0 Å². The molecule has 144 valence electrons. The molecule has 1 N–H and O–H groups in total. The van der Waals surface area contributed by atoms with Crippen LogP contribution in [0.2, 0.25) is 0 Å². The Labute approximate surface area is 155 Å². The Morgan fingerprint density at radius 1 is 1.15 bits per heavy atom. The van der Waals surface area contributed by atoms with Gasteiger partial charge in [0.25, 0.3) is 0 Å². The van der Waals surface area contributed by atoms with Crippen LogP contribution in [0.5, 0.6) is 0 Å². The van der Waals surface area contributed by atoms with Gasteiger partial charge in [0.05, 0.1) is 0 Å². The predicted octanol–water partition coefficient (Wildman–Crippen LogP) is 3.92. The Morgan fingerprint density at radius 2 is 1.85 bits per heavy atom. The minimum atomic E-state index is -0.366. The topological polar surface area (TPSA) is 72.8 Å². The molecule has 5 nitrogen and oxygen atoms in total. The summed E-state index contributed by atoms with van der Waals surface area (Å²) in [6.45, 7) is 5.90. The van der Waals surface area contributed by atoms with Crippen LogP contribution in [0, 0.1) is 28.6 Å². The third kappa shape index (κ3) is 2.50. The van der Waals surface area contributed by atoms with E-state index in [0.717, 1.165) is 38.5 Å². The van der Waals surface area contributed by atoms with Gasteiger partial charge < -0.3 is 4.74 Å². The van der Waals surface area contributed by atoms with Crippen LogP contribution in [0.1, 0.15) is 65.7 Å². The van der Waals surface area contributed by atoms with Crippen molar-refractivity contribution in [2.24, 2.45) is 28.6 Å². The first-order chi connectivity index (χ1) is 12.3. The fraction of sp³-hybridized carbons (Fsp3) is 0.810. The molecule has 0 amide bonds. The van der Waals surface area contributed by atoms with E-state index in [1.807, 2.05) is 0 Å². The van der Waals surface area contributed by atoms with E-state index in [9.17, 15) is 14.8 Å². The van der Waals surface area contributed by atoms with Gasteiger partial charge in [-0.15, -0.1) is 0 Å². The number of hydrogen-bond acceptors (Lipinski definition) is 5. The molecule has 0 unspecified atom stereocenters. The third-order valence-corrected chi connectivity index (χ3v) is 8.23. The Kier molecular flexibility index (Phi) is 4.31. The standard InChI is InChI=1S/C21H30O5/c1-12(22)25-14-6-8-20(2)13(10-14)11-17(26-24)19-15-4-5-18(23)21(15,3)9-7-16(19)20/h11,14-17,19,24H,4-10H2,1-3H3/t14-,15-,16-,17-,19-,20-,21-/m0/s1. The Morgan fingerprint density at radius 3 is 2.54 bits per heavy atom. The van der Waals surface area contributed by atoms with Crippen LogP contribution in [0.4, 0.5) is 0 Å². The molecule has 0 saturated heterocycles. The van der Waals surface area contributed by atoms with E-state index in [2.05, 4.69) is 19.9 Å². The van der Waals surface area contributed by atoms with Crippen LogP contribution in [0.25, 0.3) is 0 Å². The molecule has 0 aromatic carbocycles. The van der Waals surface area contributed by atoms with Crippen molar-refractivity contribution in [1.29, 1.82) is 0 Å². The molecular formula is C21H30O5. The Bertz CT molecular complexity index is 655. The maximum absolute atomic E-state index is 12.5. The normalized spacial score (nSPS) is 47.5. The summed E-state index contributed by atoms with van der Waals surface area (Å²) in [4.78, 5) is 28.9. The molecule has 26 heavy (non-hydrogen) atoms. The lowest BCUT2D eigenvalue weighted by Gasteiger charge is -2.58. The molecule has 4 rings (SSSR count). The Hall–Kier alpha value is -1.20. The van der Waals surface area contributed by atoms with Gasteiger partial charge in [0.15, 0.2) is 0 Å². The average molecular weight is 362 g/mol. The molecule has 0 aromatic heterocycles. The van der Waals surface area contributed by atoms with Crippen LogP contribution in [-0.4, -0.2) is 29.2 Å². The highest BCUT2D eigenvalue weighted by Gasteiger charge is 2.61. The molecule has 4 aliphatic carbocycles. The van der Waals surface area contributed by atoms with Crippen LogP contribution in [0.15, 0.2) is 11.6 Å². The van der Waals surface area contributed by atoms with E-state index in [1.54, 1.807) is 0 Å². The number of Topliss-reactive ketones (excluding diaryl/α,β-unsaturated/α-hetero) is 1. The maximum atomic E-state index is 12.5. The monoisotopic (exact) mass is 362 g/mol. The second-order valence-electron chi connectivity index (χ2n) is 9.36.